The van der Waals surface area contributed by atoms with Gasteiger partial charge in [-0.3, -0.25) is 4.79 Å². The van der Waals surface area contributed by atoms with Crippen molar-refractivity contribution in [1.29, 1.82) is 0 Å². The lowest BCUT2D eigenvalue weighted by Crippen LogP contribution is -2.05. The summed E-state index contributed by atoms with van der Waals surface area (Å²) >= 11 is 2.20. The molecule has 0 unspecified atom stereocenters. The molecule has 0 spiro atoms. The van der Waals surface area contributed by atoms with E-state index in [1.165, 1.54) is 0 Å². The van der Waals surface area contributed by atoms with Gasteiger partial charge in [-0.25, -0.2) is 0 Å². The molecule has 2 nitrogen and oxygen atoms in total. The first kappa shape index (κ1) is 13.1. The van der Waals surface area contributed by atoms with Crippen molar-refractivity contribution in [3.63, 3.8) is 0 Å². The van der Waals surface area contributed by atoms with Crippen LogP contribution in [-0.2, 0) is 0 Å². The summed E-state index contributed by atoms with van der Waals surface area (Å²) in [6, 6.07) is 14.9. The van der Waals surface area contributed by atoms with Gasteiger partial charge in [0.05, 0.1) is 12.2 Å². The minimum absolute atomic E-state index is 0.00225. The van der Waals surface area contributed by atoms with Crippen molar-refractivity contribution in [3.8, 4) is 5.75 Å². The highest BCUT2D eigenvalue weighted by Gasteiger charge is 2.14. The molecule has 0 aliphatic rings. The first-order chi connectivity index (χ1) is 8.72. The minimum atomic E-state index is -0.00225. The molecule has 0 atom stereocenters. The fourth-order valence-corrected chi connectivity index (χ4v) is 2.26. The van der Waals surface area contributed by atoms with Crippen LogP contribution in [0.4, 0.5) is 0 Å². The number of hydrogen-bond donors (Lipinski definition) is 0. The Kier molecular flexibility index (Phi) is 4.36. The molecule has 0 fully saturated rings. The molecule has 3 heteroatoms. The lowest BCUT2D eigenvalue weighted by atomic mass is 10.0. The second kappa shape index (κ2) is 6.00. The predicted octanol–water partition coefficient (Wildman–Crippen LogP) is 3.92. The average molecular weight is 352 g/mol. The number of para-hydroxylation sites is 1. The minimum Gasteiger partial charge on any atom is -0.493 e. The molecule has 2 rings (SSSR count). The Hall–Kier alpha value is -1.36. The molecule has 0 aliphatic heterocycles. The first-order valence-electron chi connectivity index (χ1n) is 5.74. The Balaban J connectivity index is 2.40. The number of hydrogen-bond acceptors (Lipinski definition) is 2. The van der Waals surface area contributed by atoms with Crippen molar-refractivity contribution < 1.29 is 9.53 Å². The fraction of sp³-hybridized carbons (Fsp3) is 0.133. The molecule has 0 saturated carbocycles. The predicted molar refractivity (Wildman–Crippen MR) is 80.2 cm³/mol. The van der Waals surface area contributed by atoms with Crippen molar-refractivity contribution in [2.24, 2.45) is 0 Å². The topological polar surface area (TPSA) is 26.3 Å². The number of halogens is 1. The SMILES string of the molecule is CCOc1ccccc1C(=O)c1cccc(I)c1. The highest BCUT2D eigenvalue weighted by atomic mass is 127. The van der Waals surface area contributed by atoms with Crippen molar-refractivity contribution >= 4 is 28.4 Å². The third kappa shape index (κ3) is 2.90. The van der Waals surface area contributed by atoms with Gasteiger partial charge in [0.25, 0.3) is 0 Å². The lowest BCUT2D eigenvalue weighted by molar-refractivity contribution is 0.103. The molecule has 2 aromatic rings. The maximum atomic E-state index is 12.4. The van der Waals surface area contributed by atoms with E-state index in [1.807, 2.05) is 49.4 Å². The summed E-state index contributed by atoms with van der Waals surface area (Å²) < 4.78 is 6.54. The van der Waals surface area contributed by atoms with Gasteiger partial charge in [0.15, 0.2) is 5.78 Å². The van der Waals surface area contributed by atoms with Crippen molar-refractivity contribution in [1.82, 2.24) is 0 Å². The maximum Gasteiger partial charge on any atom is 0.196 e. The van der Waals surface area contributed by atoms with Crippen molar-refractivity contribution in [2.45, 2.75) is 6.92 Å². The average Bonchev–Trinajstić information content (AvgIpc) is 2.39. The standard InChI is InChI=1S/C15H13IO2/c1-2-18-14-9-4-3-8-13(14)15(17)11-6-5-7-12(16)10-11/h3-10H,2H2,1H3. The molecule has 0 amide bonds. The largest absolute Gasteiger partial charge is 0.493 e. The summed E-state index contributed by atoms with van der Waals surface area (Å²) in [5.74, 6) is 0.640. The zero-order valence-electron chi connectivity index (χ0n) is 10.0. The van der Waals surface area contributed by atoms with E-state index < -0.39 is 0 Å². The summed E-state index contributed by atoms with van der Waals surface area (Å²) in [4.78, 5) is 12.4. The number of ketones is 1. The van der Waals surface area contributed by atoms with E-state index in [-0.39, 0.29) is 5.78 Å². The van der Waals surface area contributed by atoms with Crippen LogP contribution >= 0.6 is 22.6 Å². The van der Waals surface area contributed by atoms with E-state index >= 15 is 0 Å². The van der Waals surface area contributed by atoms with Crippen LogP contribution in [0.5, 0.6) is 5.75 Å². The molecule has 0 aromatic heterocycles. The highest BCUT2D eigenvalue weighted by Crippen LogP contribution is 2.22. The van der Waals surface area contributed by atoms with E-state index in [0.29, 0.717) is 23.5 Å². The maximum absolute atomic E-state index is 12.4. The number of carbonyl (C=O) groups is 1. The molecule has 0 aliphatic carbocycles. The zero-order chi connectivity index (χ0) is 13.0. The van der Waals surface area contributed by atoms with Crippen LogP contribution in [0.3, 0.4) is 0 Å². The highest BCUT2D eigenvalue weighted by molar-refractivity contribution is 14.1. The van der Waals surface area contributed by atoms with Gasteiger partial charge in [-0.05, 0) is 53.8 Å². The second-order valence-electron chi connectivity index (χ2n) is 3.77. The van der Waals surface area contributed by atoms with Crippen LogP contribution in [-0.4, -0.2) is 12.4 Å². The number of carbonyl (C=O) groups excluding carboxylic acids is 1. The van der Waals surface area contributed by atoms with Crippen LogP contribution in [0.15, 0.2) is 48.5 Å². The van der Waals surface area contributed by atoms with Crippen LogP contribution in [0.25, 0.3) is 0 Å². The molecule has 0 N–H and O–H groups in total. The third-order valence-electron chi connectivity index (χ3n) is 2.52. The molecule has 0 saturated heterocycles. The van der Waals surface area contributed by atoms with Gasteiger partial charge in [0.2, 0.25) is 0 Å². The van der Waals surface area contributed by atoms with Crippen LogP contribution < -0.4 is 4.74 Å². The van der Waals surface area contributed by atoms with Crippen molar-refractivity contribution in [2.75, 3.05) is 6.61 Å². The molecule has 0 heterocycles. The normalized spacial score (nSPS) is 10.1. The van der Waals surface area contributed by atoms with Crippen LogP contribution in [0.1, 0.15) is 22.8 Å². The molecule has 92 valence electrons. The second-order valence-corrected chi connectivity index (χ2v) is 5.01. The van der Waals surface area contributed by atoms with Gasteiger partial charge in [0, 0.05) is 9.13 Å². The van der Waals surface area contributed by atoms with E-state index in [4.69, 9.17) is 4.74 Å². The first-order valence-corrected chi connectivity index (χ1v) is 6.82. The Morgan fingerprint density at radius 1 is 1.17 bits per heavy atom. The smallest absolute Gasteiger partial charge is 0.196 e. The van der Waals surface area contributed by atoms with Gasteiger partial charge in [-0.15, -0.1) is 0 Å². The Morgan fingerprint density at radius 3 is 2.67 bits per heavy atom. The summed E-state index contributed by atoms with van der Waals surface area (Å²) in [5.41, 5.74) is 1.30. The van der Waals surface area contributed by atoms with E-state index in [2.05, 4.69) is 22.6 Å². The van der Waals surface area contributed by atoms with Gasteiger partial charge >= 0.3 is 0 Å². The van der Waals surface area contributed by atoms with Crippen LogP contribution in [0.2, 0.25) is 0 Å². The Bertz CT molecular complexity index is 564. The van der Waals surface area contributed by atoms with Gasteiger partial charge < -0.3 is 4.74 Å². The molecular weight excluding hydrogens is 339 g/mol. The molecule has 2 aromatic carbocycles. The zero-order valence-corrected chi connectivity index (χ0v) is 12.2. The van der Waals surface area contributed by atoms with Gasteiger partial charge in [0.1, 0.15) is 5.75 Å². The summed E-state index contributed by atoms with van der Waals surface area (Å²) in [5, 5.41) is 0. The van der Waals surface area contributed by atoms with Gasteiger partial charge in [-0.2, -0.15) is 0 Å². The summed E-state index contributed by atoms with van der Waals surface area (Å²) in [6.45, 7) is 2.46. The fourth-order valence-electron chi connectivity index (χ4n) is 1.72. The van der Waals surface area contributed by atoms with Gasteiger partial charge in [-0.1, -0.05) is 24.3 Å². The quantitative estimate of drug-likeness (QED) is 0.616. The van der Waals surface area contributed by atoms with E-state index in [0.717, 1.165) is 3.57 Å². The van der Waals surface area contributed by atoms with Crippen LogP contribution in [0, 0.1) is 3.57 Å². The van der Waals surface area contributed by atoms with Crippen molar-refractivity contribution in [3.05, 3.63) is 63.2 Å². The molecule has 18 heavy (non-hydrogen) atoms. The van der Waals surface area contributed by atoms with E-state index in [1.54, 1.807) is 6.07 Å². The Morgan fingerprint density at radius 2 is 1.94 bits per heavy atom. The number of ether oxygens (including phenoxy) is 1. The lowest BCUT2D eigenvalue weighted by Gasteiger charge is -2.09. The molecule has 0 bridgehead atoms. The molecular formula is C15H13IO2. The number of benzene rings is 2. The summed E-state index contributed by atoms with van der Waals surface area (Å²) in [6.07, 6.45) is 0. The Labute approximate surface area is 120 Å². The monoisotopic (exact) mass is 352 g/mol. The molecule has 0 radical (unpaired) electrons. The third-order valence-corrected chi connectivity index (χ3v) is 3.19. The van der Waals surface area contributed by atoms with E-state index in [9.17, 15) is 4.79 Å². The number of rotatable bonds is 4. The summed E-state index contributed by atoms with van der Waals surface area (Å²) in [7, 11) is 0.